The number of hydrogen-bond acceptors (Lipinski definition) is 4. The number of aliphatic imine (C=N–C) groups is 1. The van der Waals surface area contributed by atoms with Crippen molar-refractivity contribution in [1.82, 2.24) is 9.62 Å². The highest BCUT2D eigenvalue weighted by Gasteiger charge is 2.32. The standard InChI is InChI=1S/C21H23F2N3O3S/c1-3-4-8-18(21(27)26(2)13-14-10-11-15(22)12-17(14)23)24-20-16-7-5-6-9-19(16)30(28,29)25-20/h5-7,9-12,18H,3-4,8,13H2,1-2H3,(H,24,25). The van der Waals surface area contributed by atoms with Gasteiger partial charge in [0.05, 0.1) is 4.90 Å². The molecular formula is C21H23F2N3O3S. The van der Waals surface area contributed by atoms with Crippen LogP contribution in [0.4, 0.5) is 8.78 Å². The van der Waals surface area contributed by atoms with Crippen LogP contribution in [0.15, 0.2) is 52.4 Å². The minimum Gasteiger partial charge on any atom is -0.339 e. The largest absolute Gasteiger partial charge is 0.339 e. The Bertz CT molecular complexity index is 1090. The summed E-state index contributed by atoms with van der Waals surface area (Å²) in [5.41, 5.74) is 0.597. The van der Waals surface area contributed by atoms with E-state index in [9.17, 15) is 22.0 Å². The van der Waals surface area contributed by atoms with Gasteiger partial charge in [-0.3, -0.25) is 14.5 Å². The van der Waals surface area contributed by atoms with E-state index in [1.807, 2.05) is 6.92 Å². The molecule has 1 atom stereocenters. The number of amides is 1. The highest BCUT2D eigenvalue weighted by atomic mass is 32.2. The van der Waals surface area contributed by atoms with Crippen molar-refractivity contribution in [3.05, 3.63) is 65.2 Å². The van der Waals surface area contributed by atoms with E-state index >= 15 is 0 Å². The van der Waals surface area contributed by atoms with Crippen molar-refractivity contribution in [2.24, 2.45) is 4.99 Å². The number of carbonyl (C=O) groups excluding carboxylic acids is 1. The molecule has 0 bridgehead atoms. The molecule has 3 rings (SSSR count). The zero-order valence-electron chi connectivity index (χ0n) is 16.7. The molecule has 1 unspecified atom stereocenters. The monoisotopic (exact) mass is 435 g/mol. The fourth-order valence-electron chi connectivity index (χ4n) is 3.26. The van der Waals surface area contributed by atoms with Gasteiger partial charge in [-0.1, -0.05) is 38.0 Å². The van der Waals surface area contributed by atoms with E-state index in [4.69, 9.17) is 0 Å². The molecule has 0 saturated carbocycles. The van der Waals surface area contributed by atoms with Crippen LogP contribution in [0.3, 0.4) is 0 Å². The van der Waals surface area contributed by atoms with Crippen LogP contribution in [-0.2, 0) is 21.4 Å². The molecule has 0 aromatic heterocycles. The zero-order valence-corrected chi connectivity index (χ0v) is 17.5. The van der Waals surface area contributed by atoms with E-state index in [2.05, 4.69) is 9.71 Å². The number of amidine groups is 1. The number of benzene rings is 2. The molecule has 160 valence electrons. The third kappa shape index (κ3) is 4.67. The predicted octanol–water partition coefficient (Wildman–Crippen LogP) is 3.22. The van der Waals surface area contributed by atoms with Crippen LogP contribution >= 0.6 is 0 Å². The van der Waals surface area contributed by atoms with Gasteiger partial charge in [0, 0.05) is 30.8 Å². The van der Waals surface area contributed by atoms with Crippen LogP contribution in [0, 0.1) is 11.6 Å². The molecule has 1 heterocycles. The maximum atomic E-state index is 14.0. The Hall–Kier alpha value is -2.81. The van der Waals surface area contributed by atoms with Crippen LogP contribution in [0.25, 0.3) is 0 Å². The minimum atomic E-state index is -3.72. The summed E-state index contributed by atoms with van der Waals surface area (Å²) in [5, 5.41) is 0. The second-order valence-corrected chi connectivity index (χ2v) is 8.82. The summed E-state index contributed by atoms with van der Waals surface area (Å²) in [6.07, 6.45) is 1.95. The van der Waals surface area contributed by atoms with Gasteiger partial charge in [0.25, 0.3) is 10.0 Å². The van der Waals surface area contributed by atoms with E-state index < -0.39 is 27.7 Å². The van der Waals surface area contributed by atoms with Crippen molar-refractivity contribution < 1.29 is 22.0 Å². The lowest BCUT2D eigenvalue weighted by molar-refractivity contribution is -0.131. The number of nitrogens with one attached hydrogen (secondary N) is 1. The Labute approximate surface area is 174 Å². The Morgan fingerprint density at radius 2 is 1.93 bits per heavy atom. The first-order valence-electron chi connectivity index (χ1n) is 9.62. The lowest BCUT2D eigenvalue weighted by Crippen LogP contribution is -2.37. The molecule has 2 aromatic carbocycles. The quantitative estimate of drug-likeness (QED) is 0.725. The van der Waals surface area contributed by atoms with Gasteiger partial charge in [0.15, 0.2) is 0 Å². The van der Waals surface area contributed by atoms with Crippen LogP contribution < -0.4 is 4.72 Å². The highest BCUT2D eigenvalue weighted by Crippen LogP contribution is 2.23. The summed E-state index contributed by atoms with van der Waals surface area (Å²) in [6.45, 7) is 1.92. The van der Waals surface area contributed by atoms with Gasteiger partial charge in [0.2, 0.25) is 5.91 Å². The number of likely N-dealkylation sites (N-methyl/N-ethyl adjacent to an activating group) is 1. The summed E-state index contributed by atoms with van der Waals surface area (Å²) in [6, 6.07) is 8.79. The lowest BCUT2D eigenvalue weighted by atomic mass is 10.1. The third-order valence-corrected chi connectivity index (χ3v) is 6.26. The minimum absolute atomic E-state index is 0.0548. The second-order valence-electron chi connectivity index (χ2n) is 7.17. The number of fused-ring (bicyclic) bond motifs is 1. The van der Waals surface area contributed by atoms with Crippen LogP contribution in [0.1, 0.15) is 37.3 Å². The van der Waals surface area contributed by atoms with Gasteiger partial charge in [0.1, 0.15) is 23.5 Å². The number of carbonyl (C=O) groups is 1. The number of unbranched alkanes of at least 4 members (excludes halogenated alkanes) is 1. The first-order valence-corrected chi connectivity index (χ1v) is 11.1. The number of hydrogen-bond donors (Lipinski definition) is 1. The van der Waals surface area contributed by atoms with Crippen molar-refractivity contribution in [3.8, 4) is 0 Å². The summed E-state index contributed by atoms with van der Waals surface area (Å²) >= 11 is 0. The van der Waals surface area contributed by atoms with Crippen molar-refractivity contribution >= 4 is 21.8 Å². The van der Waals surface area contributed by atoms with Crippen LogP contribution in [-0.4, -0.2) is 38.2 Å². The second kappa shape index (κ2) is 8.91. The Balaban J connectivity index is 1.87. The molecule has 1 amide bonds. The number of nitrogens with zero attached hydrogens (tertiary/aromatic N) is 2. The van der Waals surface area contributed by atoms with Crippen LogP contribution in [0.5, 0.6) is 0 Å². The molecule has 30 heavy (non-hydrogen) atoms. The van der Waals surface area contributed by atoms with Gasteiger partial charge in [-0.2, -0.15) is 0 Å². The van der Waals surface area contributed by atoms with Crippen molar-refractivity contribution in [2.45, 2.75) is 43.7 Å². The molecule has 2 aromatic rings. The molecule has 0 fully saturated rings. The van der Waals surface area contributed by atoms with E-state index in [1.54, 1.807) is 18.2 Å². The molecule has 0 radical (unpaired) electrons. The summed E-state index contributed by atoms with van der Waals surface area (Å²) in [7, 11) is -2.20. The summed E-state index contributed by atoms with van der Waals surface area (Å²) in [5.74, 6) is -1.67. The zero-order chi connectivity index (χ0) is 21.9. The molecule has 0 spiro atoms. The van der Waals surface area contributed by atoms with Crippen molar-refractivity contribution in [1.29, 1.82) is 0 Å². The topological polar surface area (TPSA) is 78.8 Å². The van der Waals surface area contributed by atoms with E-state index in [1.165, 1.54) is 24.1 Å². The van der Waals surface area contributed by atoms with Gasteiger partial charge in [-0.15, -0.1) is 0 Å². The van der Waals surface area contributed by atoms with E-state index in [0.29, 0.717) is 18.4 Å². The Morgan fingerprint density at radius 1 is 1.20 bits per heavy atom. The van der Waals surface area contributed by atoms with E-state index in [-0.39, 0.29) is 28.7 Å². The number of rotatable bonds is 7. The molecule has 9 heteroatoms. The summed E-state index contributed by atoms with van der Waals surface area (Å²) < 4.78 is 54.1. The molecule has 0 saturated heterocycles. The van der Waals surface area contributed by atoms with Gasteiger partial charge in [-0.05, 0) is 24.6 Å². The Morgan fingerprint density at radius 3 is 2.63 bits per heavy atom. The lowest BCUT2D eigenvalue weighted by Gasteiger charge is -2.22. The van der Waals surface area contributed by atoms with Gasteiger partial charge >= 0.3 is 0 Å². The fourth-order valence-corrected chi connectivity index (χ4v) is 4.50. The number of sulfonamides is 1. The van der Waals surface area contributed by atoms with Crippen LogP contribution in [0.2, 0.25) is 0 Å². The van der Waals surface area contributed by atoms with Crippen molar-refractivity contribution in [2.75, 3.05) is 7.05 Å². The average Bonchev–Trinajstić information content (AvgIpc) is 2.97. The molecule has 1 aliphatic heterocycles. The molecule has 1 aliphatic rings. The normalized spacial score (nSPS) is 16.7. The molecule has 0 aliphatic carbocycles. The molecule has 1 N–H and O–H groups in total. The Kier molecular flexibility index (Phi) is 6.50. The maximum Gasteiger partial charge on any atom is 0.263 e. The van der Waals surface area contributed by atoms with Gasteiger partial charge < -0.3 is 4.90 Å². The first kappa shape index (κ1) is 21.9. The molecular weight excluding hydrogens is 412 g/mol. The summed E-state index contributed by atoms with van der Waals surface area (Å²) in [4.78, 5) is 18.9. The third-order valence-electron chi connectivity index (χ3n) is 4.86. The molecule has 6 nitrogen and oxygen atoms in total. The average molecular weight is 435 g/mol. The fraction of sp³-hybridized carbons (Fsp3) is 0.333. The SMILES string of the molecule is CCCCC(N=C1NS(=O)(=O)c2ccccc21)C(=O)N(C)Cc1ccc(F)cc1F. The predicted molar refractivity (Wildman–Crippen MR) is 109 cm³/mol. The maximum absolute atomic E-state index is 14.0. The first-order chi connectivity index (χ1) is 14.2. The smallest absolute Gasteiger partial charge is 0.263 e. The highest BCUT2D eigenvalue weighted by molar-refractivity contribution is 7.90. The van der Waals surface area contributed by atoms with E-state index in [0.717, 1.165) is 18.6 Å². The van der Waals surface area contributed by atoms with Gasteiger partial charge in [-0.25, -0.2) is 17.2 Å². The van der Waals surface area contributed by atoms with Crippen molar-refractivity contribution in [3.63, 3.8) is 0 Å². The number of halogens is 2.